The van der Waals surface area contributed by atoms with E-state index in [1.807, 2.05) is 0 Å². The summed E-state index contributed by atoms with van der Waals surface area (Å²) in [5.74, 6) is 0. The van der Waals surface area contributed by atoms with Crippen molar-refractivity contribution in [3.05, 3.63) is 0 Å². The van der Waals surface area contributed by atoms with Crippen molar-refractivity contribution in [3.8, 4) is 0 Å². The van der Waals surface area contributed by atoms with Gasteiger partial charge in [0, 0.05) is 0 Å². The van der Waals surface area contributed by atoms with Crippen LogP contribution < -0.4 is 0 Å². The molecule has 3 aliphatic heterocycles. The van der Waals surface area contributed by atoms with Gasteiger partial charge in [0.1, 0.15) is 0 Å². The Morgan fingerprint density at radius 2 is 2.33 bits per heavy atom. The summed E-state index contributed by atoms with van der Waals surface area (Å²) in [7, 11) is 0. The number of morpholine rings is 1. The lowest BCUT2D eigenvalue weighted by Gasteiger charge is -2.41. The molecular formula is C6H11NO2. The van der Waals surface area contributed by atoms with Gasteiger partial charge in [0.25, 0.3) is 0 Å². The Morgan fingerprint density at radius 1 is 1.44 bits per heavy atom. The molecule has 3 rings (SSSR count). The molecule has 3 saturated heterocycles. The summed E-state index contributed by atoms with van der Waals surface area (Å²) in [4.78, 5) is 0. The Balaban J connectivity index is 2.06. The van der Waals surface area contributed by atoms with Gasteiger partial charge in [-0.1, -0.05) is 0 Å². The van der Waals surface area contributed by atoms with Crippen LogP contribution in [0.5, 0.6) is 0 Å². The number of ether oxygens (including phenoxy) is 1. The summed E-state index contributed by atoms with van der Waals surface area (Å²) in [6.45, 7) is 1.44. The van der Waals surface area contributed by atoms with E-state index < -0.39 is 0 Å². The van der Waals surface area contributed by atoms with Gasteiger partial charge in [0.15, 0.2) is 0 Å². The van der Waals surface area contributed by atoms with Crippen LogP contribution in [-0.4, -0.2) is 35.6 Å². The predicted octanol–water partition coefficient (Wildman–Crippen LogP) is 0.239. The number of hydroxylamine groups is 2. The van der Waals surface area contributed by atoms with Crippen molar-refractivity contribution in [2.75, 3.05) is 13.2 Å². The van der Waals surface area contributed by atoms with Crippen LogP contribution in [0.15, 0.2) is 0 Å². The number of fused-ring (bicyclic) bond motifs is 3. The first-order valence-corrected chi connectivity index (χ1v) is 3.43. The van der Waals surface area contributed by atoms with Crippen LogP contribution >= 0.6 is 0 Å². The van der Waals surface area contributed by atoms with Gasteiger partial charge >= 0.3 is 0 Å². The van der Waals surface area contributed by atoms with Crippen molar-refractivity contribution in [1.82, 2.24) is 5.06 Å². The average Bonchev–Trinajstić information content (AvgIpc) is 1.90. The Hall–Kier alpha value is -0.120. The van der Waals surface area contributed by atoms with E-state index in [-0.39, 0.29) is 6.04 Å². The van der Waals surface area contributed by atoms with E-state index in [4.69, 9.17) is 9.94 Å². The van der Waals surface area contributed by atoms with Crippen molar-refractivity contribution in [1.29, 1.82) is 0 Å². The maximum Gasteiger partial charge on any atom is 0.0726 e. The fourth-order valence-corrected chi connectivity index (χ4v) is 1.53. The normalized spacial score (nSPS) is 43.7. The molecule has 0 aromatic heterocycles. The summed E-state index contributed by atoms with van der Waals surface area (Å²) in [5.41, 5.74) is 0. The van der Waals surface area contributed by atoms with Crippen LogP contribution in [0.3, 0.4) is 0 Å². The monoisotopic (exact) mass is 129 g/mol. The molecule has 3 heteroatoms. The second-order valence-corrected chi connectivity index (χ2v) is 2.81. The van der Waals surface area contributed by atoms with E-state index in [9.17, 15) is 0 Å². The molecule has 0 radical (unpaired) electrons. The summed E-state index contributed by atoms with van der Waals surface area (Å²) in [6.07, 6.45) is 2.53. The third-order valence-corrected chi connectivity index (χ3v) is 2.16. The second-order valence-electron chi connectivity index (χ2n) is 2.81. The molecule has 2 unspecified atom stereocenters. The molecule has 0 saturated carbocycles. The SMILES string of the molecule is ON1CC2CCC1CO2. The number of rotatable bonds is 0. The summed E-state index contributed by atoms with van der Waals surface area (Å²) < 4.78 is 5.35. The number of piperidine rings is 1. The molecule has 52 valence electrons. The lowest BCUT2D eigenvalue weighted by atomic mass is 9.99. The van der Waals surface area contributed by atoms with Gasteiger partial charge in [-0.2, -0.15) is 5.06 Å². The highest BCUT2D eigenvalue weighted by atomic mass is 16.5. The van der Waals surface area contributed by atoms with Gasteiger partial charge in [-0.05, 0) is 12.8 Å². The van der Waals surface area contributed by atoms with Crippen LogP contribution in [0, 0.1) is 0 Å². The zero-order valence-electron chi connectivity index (χ0n) is 5.29. The quantitative estimate of drug-likeness (QED) is 0.508. The standard InChI is InChI=1S/C6H11NO2/c8-7-3-6-2-1-5(7)4-9-6/h5-6,8H,1-4H2. The maximum absolute atomic E-state index is 9.15. The molecule has 3 heterocycles. The Bertz CT molecular complexity index is 110. The number of nitrogens with zero attached hydrogens (tertiary/aromatic N) is 1. The van der Waals surface area contributed by atoms with Crippen LogP contribution in [0.1, 0.15) is 12.8 Å². The molecule has 2 bridgehead atoms. The Morgan fingerprint density at radius 3 is 2.56 bits per heavy atom. The molecule has 0 spiro atoms. The molecule has 0 aliphatic carbocycles. The predicted molar refractivity (Wildman–Crippen MR) is 31.3 cm³/mol. The van der Waals surface area contributed by atoms with Crippen LogP contribution in [0.2, 0.25) is 0 Å². The molecule has 3 aliphatic rings. The lowest BCUT2D eigenvalue weighted by Crippen LogP contribution is -2.52. The van der Waals surface area contributed by atoms with E-state index in [0.717, 1.165) is 19.4 Å². The Labute approximate surface area is 54.2 Å². The second kappa shape index (κ2) is 1.94. The van der Waals surface area contributed by atoms with Crippen LogP contribution in [-0.2, 0) is 4.74 Å². The van der Waals surface area contributed by atoms with Crippen molar-refractivity contribution in [3.63, 3.8) is 0 Å². The number of hydrogen-bond acceptors (Lipinski definition) is 3. The van der Waals surface area contributed by atoms with E-state index in [0.29, 0.717) is 12.6 Å². The van der Waals surface area contributed by atoms with Gasteiger partial charge in [0.05, 0.1) is 25.3 Å². The largest absolute Gasteiger partial charge is 0.375 e. The summed E-state index contributed by atoms with van der Waals surface area (Å²) in [6, 6.07) is 0.287. The van der Waals surface area contributed by atoms with Gasteiger partial charge < -0.3 is 9.94 Å². The van der Waals surface area contributed by atoms with E-state index >= 15 is 0 Å². The first kappa shape index (κ1) is 5.65. The van der Waals surface area contributed by atoms with E-state index in [1.54, 1.807) is 0 Å². The molecule has 1 N–H and O–H groups in total. The van der Waals surface area contributed by atoms with Gasteiger partial charge in [0.2, 0.25) is 0 Å². The maximum atomic E-state index is 9.15. The van der Waals surface area contributed by atoms with Crippen molar-refractivity contribution >= 4 is 0 Å². The average molecular weight is 129 g/mol. The van der Waals surface area contributed by atoms with Crippen LogP contribution in [0.25, 0.3) is 0 Å². The fraction of sp³-hybridized carbons (Fsp3) is 1.00. The highest BCUT2D eigenvalue weighted by Gasteiger charge is 2.33. The zero-order valence-corrected chi connectivity index (χ0v) is 5.29. The first-order valence-electron chi connectivity index (χ1n) is 3.43. The summed E-state index contributed by atoms with van der Waals surface area (Å²) >= 11 is 0. The third kappa shape index (κ3) is 0.852. The smallest absolute Gasteiger partial charge is 0.0726 e. The third-order valence-electron chi connectivity index (χ3n) is 2.16. The molecule has 3 nitrogen and oxygen atoms in total. The first-order chi connectivity index (χ1) is 4.36. The van der Waals surface area contributed by atoms with Crippen molar-refractivity contribution in [2.24, 2.45) is 0 Å². The minimum Gasteiger partial charge on any atom is -0.375 e. The zero-order chi connectivity index (χ0) is 6.27. The molecule has 0 aromatic rings. The van der Waals surface area contributed by atoms with Gasteiger partial charge in [-0.3, -0.25) is 0 Å². The molecule has 0 amide bonds. The number of hydrogen-bond donors (Lipinski definition) is 1. The van der Waals surface area contributed by atoms with Crippen molar-refractivity contribution in [2.45, 2.75) is 25.0 Å². The molecule has 0 aromatic carbocycles. The molecule has 9 heavy (non-hydrogen) atoms. The topological polar surface area (TPSA) is 32.7 Å². The lowest BCUT2D eigenvalue weighted by molar-refractivity contribution is -0.229. The van der Waals surface area contributed by atoms with Gasteiger partial charge in [-0.15, -0.1) is 0 Å². The van der Waals surface area contributed by atoms with E-state index in [2.05, 4.69) is 0 Å². The minimum atomic E-state index is 0.287. The van der Waals surface area contributed by atoms with Gasteiger partial charge in [-0.25, -0.2) is 0 Å². The Kier molecular flexibility index (Phi) is 1.22. The molecular weight excluding hydrogens is 118 g/mol. The van der Waals surface area contributed by atoms with Crippen LogP contribution in [0.4, 0.5) is 0 Å². The minimum absolute atomic E-state index is 0.287. The summed E-state index contributed by atoms with van der Waals surface area (Å²) in [5, 5.41) is 10.6. The van der Waals surface area contributed by atoms with E-state index in [1.165, 1.54) is 5.06 Å². The van der Waals surface area contributed by atoms with Crippen molar-refractivity contribution < 1.29 is 9.94 Å². The molecule has 2 atom stereocenters. The highest BCUT2D eigenvalue weighted by Crippen LogP contribution is 2.23. The molecule has 3 fully saturated rings. The highest BCUT2D eigenvalue weighted by molar-refractivity contribution is 4.82. The fourth-order valence-electron chi connectivity index (χ4n) is 1.53.